The zero-order valence-corrected chi connectivity index (χ0v) is 17.4. The van der Waals surface area contributed by atoms with Crippen molar-refractivity contribution in [3.63, 3.8) is 0 Å². The van der Waals surface area contributed by atoms with E-state index in [0.717, 1.165) is 4.31 Å². The van der Waals surface area contributed by atoms with Gasteiger partial charge in [-0.15, -0.1) is 12.4 Å². The smallest absolute Gasteiger partial charge is 0.317 e. The van der Waals surface area contributed by atoms with Gasteiger partial charge in [0.05, 0.1) is 20.2 Å². The molecule has 154 valence electrons. The second kappa shape index (κ2) is 11.1. The Balaban J connectivity index is 0.00000676. The zero-order chi connectivity index (χ0) is 19.9. The highest BCUT2D eigenvalue weighted by Crippen LogP contribution is 2.28. The third kappa shape index (κ3) is 7.33. The van der Waals surface area contributed by atoms with Crippen LogP contribution >= 0.6 is 12.4 Å². The van der Waals surface area contributed by atoms with E-state index in [1.165, 1.54) is 44.3 Å². The number of carboxylic acid groups (broad SMARTS) is 1. The number of carboxylic acids is 1. The number of carbonyl (C=O) groups is 2. The fraction of sp³-hybridized carbons (Fsp3) is 0.500. The maximum absolute atomic E-state index is 12.4. The average molecular weight is 424 g/mol. The molecule has 0 atom stereocenters. The number of amides is 1. The lowest BCUT2D eigenvalue weighted by Gasteiger charge is -2.19. The van der Waals surface area contributed by atoms with Gasteiger partial charge in [0.25, 0.3) is 0 Å². The number of ether oxygens (including phenoxy) is 1. The van der Waals surface area contributed by atoms with E-state index in [2.05, 4.69) is 5.32 Å². The Morgan fingerprint density at radius 1 is 1.22 bits per heavy atom. The number of hydrogen-bond acceptors (Lipinski definition) is 6. The molecule has 1 amide bonds. The molecule has 1 aromatic carbocycles. The average Bonchev–Trinajstić information content (AvgIpc) is 2.54. The van der Waals surface area contributed by atoms with Gasteiger partial charge < -0.3 is 15.2 Å². The minimum absolute atomic E-state index is 0. The van der Waals surface area contributed by atoms with Gasteiger partial charge in [0.1, 0.15) is 10.6 Å². The molecule has 0 fully saturated rings. The molecule has 0 heterocycles. The van der Waals surface area contributed by atoms with E-state index in [4.69, 9.17) is 9.84 Å². The lowest BCUT2D eigenvalue weighted by Crippen LogP contribution is -2.37. The van der Waals surface area contributed by atoms with Gasteiger partial charge in [0.15, 0.2) is 0 Å². The molecule has 0 aliphatic carbocycles. The Morgan fingerprint density at radius 3 is 2.33 bits per heavy atom. The number of methoxy groups -OCH3 is 1. The first-order valence-electron chi connectivity index (χ1n) is 7.96. The van der Waals surface area contributed by atoms with Gasteiger partial charge in [-0.05, 0) is 31.2 Å². The van der Waals surface area contributed by atoms with Crippen molar-refractivity contribution < 1.29 is 27.9 Å². The normalized spacial score (nSPS) is 11.2. The monoisotopic (exact) mass is 423 g/mol. The molecule has 9 nitrogen and oxygen atoms in total. The van der Waals surface area contributed by atoms with Crippen LogP contribution in [0.15, 0.2) is 23.1 Å². The molecule has 0 aliphatic rings. The first-order valence-corrected chi connectivity index (χ1v) is 9.40. The van der Waals surface area contributed by atoms with E-state index in [1.54, 1.807) is 0 Å². The molecule has 0 aliphatic heterocycles. The summed E-state index contributed by atoms with van der Waals surface area (Å²) in [5, 5.41) is 11.5. The topological polar surface area (TPSA) is 116 Å². The van der Waals surface area contributed by atoms with E-state index in [9.17, 15) is 18.0 Å². The summed E-state index contributed by atoms with van der Waals surface area (Å²) in [6, 6.07) is 4.28. The van der Waals surface area contributed by atoms with Crippen molar-refractivity contribution in [1.82, 2.24) is 9.21 Å². The van der Waals surface area contributed by atoms with Crippen LogP contribution in [-0.4, -0.2) is 75.4 Å². The summed E-state index contributed by atoms with van der Waals surface area (Å²) >= 11 is 0. The molecular formula is C16H26ClN3O6S. The van der Waals surface area contributed by atoms with Crippen LogP contribution in [0, 0.1) is 0 Å². The van der Waals surface area contributed by atoms with E-state index >= 15 is 0 Å². The molecule has 0 bridgehead atoms. The summed E-state index contributed by atoms with van der Waals surface area (Å²) in [5.41, 5.74) is 0.281. The van der Waals surface area contributed by atoms with Crippen molar-refractivity contribution in [2.75, 3.05) is 46.2 Å². The molecular weight excluding hydrogens is 398 g/mol. The molecule has 0 unspecified atom stereocenters. The van der Waals surface area contributed by atoms with Crippen LogP contribution in [0.25, 0.3) is 0 Å². The Morgan fingerprint density at radius 2 is 1.85 bits per heavy atom. The van der Waals surface area contributed by atoms with E-state index in [-0.39, 0.29) is 41.8 Å². The first kappa shape index (κ1) is 25.1. The maximum Gasteiger partial charge on any atom is 0.317 e. The van der Waals surface area contributed by atoms with Crippen molar-refractivity contribution in [3.05, 3.63) is 18.2 Å². The Bertz CT molecular complexity index is 755. The first-order chi connectivity index (χ1) is 12.1. The van der Waals surface area contributed by atoms with Gasteiger partial charge in [0, 0.05) is 19.8 Å². The predicted molar refractivity (Wildman–Crippen MR) is 104 cm³/mol. The highest BCUT2D eigenvalue weighted by atomic mass is 35.5. The number of hydrogen-bond donors (Lipinski definition) is 2. The van der Waals surface area contributed by atoms with Gasteiger partial charge in [-0.1, -0.05) is 6.92 Å². The Labute approximate surface area is 165 Å². The van der Waals surface area contributed by atoms with Crippen LogP contribution in [-0.2, 0) is 19.6 Å². The lowest BCUT2D eigenvalue weighted by molar-refractivity contribution is -0.138. The minimum Gasteiger partial charge on any atom is -0.495 e. The fourth-order valence-corrected chi connectivity index (χ4v) is 3.35. The number of rotatable bonds is 10. The van der Waals surface area contributed by atoms with E-state index < -0.39 is 21.9 Å². The highest BCUT2D eigenvalue weighted by molar-refractivity contribution is 7.89. The number of carbonyl (C=O) groups excluding carboxylic acids is 1. The predicted octanol–water partition coefficient (Wildman–Crippen LogP) is 1.10. The van der Waals surface area contributed by atoms with Crippen molar-refractivity contribution >= 4 is 40.0 Å². The molecule has 2 N–H and O–H groups in total. The maximum atomic E-state index is 12.4. The molecule has 0 aromatic heterocycles. The second-order valence-corrected chi connectivity index (χ2v) is 7.93. The largest absolute Gasteiger partial charge is 0.495 e. The van der Waals surface area contributed by atoms with Crippen LogP contribution in [0.2, 0.25) is 0 Å². The molecule has 1 aromatic rings. The zero-order valence-electron chi connectivity index (χ0n) is 15.8. The standard InChI is InChI=1S/C16H25N3O6S.ClH/c1-5-8-19(11-16(21)22)10-15(20)17-12-6-7-13(25-4)14(9-12)26(23,24)18(2)3;/h6-7,9H,5,8,10-11H2,1-4H3,(H,17,20)(H,21,22);1H. The number of nitrogens with zero attached hydrogens (tertiary/aromatic N) is 2. The van der Waals surface area contributed by atoms with Crippen LogP contribution < -0.4 is 10.1 Å². The van der Waals surface area contributed by atoms with Gasteiger partial charge in [-0.2, -0.15) is 0 Å². The van der Waals surface area contributed by atoms with Gasteiger partial charge in [0.2, 0.25) is 15.9 Å². The van der Waals surface area contributed by atoms with Crippen LogP contribution in [0.1, 0.15) is 13.3 Å². The summed E-state index contributed by atoms with van der Waals surface area (Å²) in [5.74, 6) is -1.29. The molecule has 0 radical (unpaired) electrons. The van der Waals surface area contributed by atoms with Crippen molar-refractivity contribution in [2.24, 2.45) is 0 Å². The minimum atomic E-state index is -3.76. The highest BCUT2D eigenvalue weighted by Gasteiger charge is 2.23. The van der Waals surface area contributed by atoms with Gasteiger partial charge in [-0.25, -0.2) is 12.7 Å². The molecule has 0 spiro atoms. The van der Waals surface area contributed by atoms with Crippen molar-refractivity contribution in [3.8, 4) is 5.75 Å². The molecule has 27 heavy (non-hydrogen) atoms. The summed E-state index contributed by atoms with van der Waals surface area (Å²) in [4.78, 5) is 24.5. The summed E-state index contributed by atoms with van der Waals surface area (Å²) in [7, 11) is 0.396. The van der Waals surface area contributed by atoms with Crippen LogP contribution in [0.3, 0.4) is 0 Å². The molecule has 0 saturated carbocycles. The third-order valence-electron chi connectivity index (χ3n) is 3.47. The Kier molecular flexibility index (Phi) is 10.3. The van der Waals surface area contributed by atoms with Crippen molar-refractivity contribution in [2.45, 2.75) is 18.2 Å². The van der Waals surface area contributed by atoms with Gasteiger partial charge >= 0.3 is 5.97 Å². The van der Waals surface area contributed by atoms with E-state index in [0.29, 0.717) is 13.0 Å². The number of sulfonamides is 1. The third-order valence-corrected chi connectivity index (χ3v) is 5.31. The molecule has 1 rings (SSSR count). The van der Waals surface area contributed by atoms with Gasteiger partial charge in [-0.3, -0.25) is 14.5 Å². The number of aliphatic carboxylic acids is 1. The van der Waals surface area contributed by atoms with Crippen molar-refractivity contribution in [1.29, 1.82) is 0 Å². The number of benzene rings is 1. The quantitative estimate of drug-likeness (QED) is 0.578. The number of nitrogens with one attached hydrogen (secondary N) is 1. The molecule has 0 saturated heterocycles. The summed E-state index contributed by atoms with van der Waals surface area (Å²) in [6.07, 6.45) is 0.703. The van der Waals surface area contributed by atoms with Crippen LogP contribution in [0.5, 0.6) is 5.75 Å². The number of anilines is 1. The number of halogens is 1. The van der Waals surface area contributed by atoms with Crippen LogP contribution in [0.4, 0.5) is 5.69 Å². The fourth-order valence-electron chi connectivity index (χ4n) is 2.28. The SMILES string of the molecule is CCCN(CC(=O)O)CC(=O)Nc1ccc(OC)c(S(=O)(=O)N(C)C)c1.Cl. The summed E-state index contributed by atoms with van der Waals surface area (Å²) < 4.78 is 30.9. The summed E-state index contributed by atoms with van der Waals surface area (Å²) in [6.45, 7) is 1.99. The van der Waals surface area contributed by atoms with E-state index in [1.807, 2.05) is 6.92 Å². The molecule has 11 heteroatoms. The Hall–Kier alpha value is -1.88. The second-order valence-electron chi connectivity index (χ2n) is 5.81. The lowest BCUT2D eigenvalue weighted by atomic mass is 10.3.